The summed E-state index contributed by atoms with van der Waals surface area (Å²) in [5.74, 6) is 0.708. The van der Waals surface area contributed by atoms with Crippen LogP contribution in [0.15, 0.2) is 55.0 Å². The summed E-state index contributed by atoms with van der Waals surface area (Å²) in [5, 5.41) is 1.98. The molecule has 2 aromatic heterocycles. The third-order valence-electron chi connectivity index (χ3n) is 3.16. The molecule has 20 heavy (non-hydrogen) atoms. The highest BCUT2D eigenvalue weighted by atomic mass is 16.5. The van der Waals surface area contributed by atoms with Gasteiger partial charge in [0.1, 0.15) is 5.75 Å². The SMILES string of the molecule is Nc1c(OCCc2ccccn2)ccc2cnccc12. The molecule has 4 nitrogen and oxygen atoms in total. The first-order valence-corrected chi connectivity index (χ1v) is 6.49. The van der Waals surface area contributed by atoms with Crippen molar-refractivity contribution in [2.45, 2.75) is 6.42 Å². The van der Waals surface area contributed by atoms with Crippen molar-refractivity contribution >= 4 is 16.5 Å². The van der Waals surface area contributed by atoms with Gasteiger partial charge < -0.3 is 10.5 Å². The summed E-state index contributed by atoms with van der Waals surface area (Å²) in [6.07, 6.45) is 6.07. The molecular weight excluding hydrogens is 250 g/mol. The summed E-state index contributed by atoms with van der Waals surface area (Å²) in [5.41, 5.74) is 7.80. The highest BCUT2D eigenvalue weighted by Crippen LogP contribution is 2.29. The molecule has 0 saturated carbocycles. The van der Waals surface area contributed by atoms with Crippen LogP contribution in [-0.4, -0.2) is 16.6 Å². The van der Waals surface area contributed by atoms with E-state index in [0.29, 0.717) is 18.0 Å². The van der Waals surface area contributed by atoms with E-state index in [0.717, 1.165) is 22.9 Å². The lowest BCUT2D eigenvalue weighted by molar-refractivity contribution is 0.322. The minimum absolute atomic E-state index is 0.553. The Morgan fingerprint density at radius 2 is 2.00 bits per heavy atom. The molecule has 3 aromatic rings. The van der Waals surface area contributed by atoms with E-state index in [1.54, 1.807) is 18.6 Å². The van der Waals surface area contributed by atoms with Crippen LogP contribution in [0.25, 0.3) is 10.8 Å². The molecule has 0 unspecified atom stereocenters. The highest BCUT2D eigenvalue weighted by Gasteiger charge is 2.05. The van der Waals surface area contributed by atoms with Gasteiger partial charge in [-0.2, -0.15) is 0 Å². The molecule has 0 saturated heterocycles. The second-order valence-corrected chi connectivity index (χ2v) is 4.49. The molecule has 0 aliphatic heterocycles. The number of pyridine rings is 2. The quantitative estimate of drug-likeness (QED) is 0.737. The van der Waals surface area contributed by atoms with Gasteiger partial charge in [0.2, 0.25) is 0 Å². The number of aromatic nitrogens is 2. The molecule has 4 heteroatoms. The van der Waals surface area contributed by atoms with Gasteiger partial charge in [0, 0.05) is 41.5 Å². The minimum Gasteiger partial charge on any atom is -0.491 e. The van der Waals surface area contributed by atoms with Crippen molar-refractivity contribution in [3.8, 4) is 5.75 Å². The fourth-order valence-corrected chi connectivity index (χ4v) is 2.11. The number of nitrogens with zero attached hydrogens (tertiary/aromatic N) is 2. The van der Waals surface area contributed by atoms with Crippen molar-refractivity contribution in [3.63, 3.8) is 0 Å². The lowest BCUT2D eigenvalue weighted by atomic mass is 10.1. The van der Waals surface area contributed by atoms with Crippen molar-refractivity contribution in [1.29, 1.82) is 0 Å². The molecule has 3 rings (SSSR count). The third-order valence-corrected chi connectivity index (χ3v) is 3.16. The van der Waals surface area contributed by atoms with E-state index in [2.05, 4.69) is 9.97 Å². The highest BCUT2D eigenvalue weighted by molar-refractivity contribution is 5.95. The monoisotopic (exact) mass is 265 g/mol. The predicted molar refractivity (Wildman–Crippen MR) is 79.6 cm³/mol. The van der Waals surface area contributed by atoms with Crippen molar-refractivity contribution in [1.82, 2.24) is 9.97 Å². The maximum absolute atomic E-state index is 6.13. The zero-order valence-electron chi connectivity index (χ0n) is 11.0. The Labute approximate surface area is 117 Å². The Balaban J connectivity index is 1.73. The van der Waals surface area contributed by atoms with Crippen LogP contribution in [-0.2, 0) is 6.42 Å². The number of benzene rings is 1. The van der Waals surface area contributed by atoms with Crippen molar-refractivity contribution in [2.75, 3.05) is 12.3 Å². The number of fused-ring (bicyclic) bond motifs is 1. The lowest BCUT2D eigenvalue weighted by Crippen LogP contribution is -2.04. The minimum atomic E-state index is 0.553. The van der Waals surface area contributed by atoms with Gasteiger partial charge in [-0.25, -0.2) is 0 Å². The predicted octanol–water partition coefficient (Wildman–Crippen LogP) is 2.83. The zero-order valence-corrected chi connectivity index (χ0v) is 11.0. The van der Waals surface area contributed by atoms with E-state index in [9.17, 15) is 0 Å². The summed E-state index contributed by atoms with van der Waals surface area (Å²) >= 11 is 0. The second kappa shape index (κ2) is 5.57. The first kappa shape index (κ1) is 12.4. The molecule has 0 aliphatic carbocycles. The van der Waals surface area contributed by atoms with Gasteiger partial charge in [-0.3, -0.25) is 9.97 Å². The maximum Gasteiger partial charge on any atom is 0.142 e. The second-order valence-electron chi connectivity index (χ2n) is 4.49. The number of ether oxygens (including phenoxy) is 1. The van der Waals surface area contributed by atoms with Crippen LogP contribution in [0.1, 0.15) is 5.69 Å². The summed E-state index contributed by atoms with van der Waals surface area (Å²) in [6, 6.07) is 11.6. The molecule has 0 aliphatic rings. The van der Waals surface area contributed by atoms with Crippen molar-refractivity contribution in [3.05, 3.63) is 60.7 Å². The van der Waals surface area contributed by atoms with Crippen molar-refractivity contribution in [2.24, 2.45) is 0 Å². The lowest BCUT2D eigenvalue weighted by Gasteiger charge is -2.10. The fraction of sp³-hybridized carbons (Fsp3) is 0.125. The fourth-order valence-electron chi connectivity index (χ4n) is 2.11. The largest absolute Gasteiger partial charge is 0.491 e. The van der Waals surface area contributed by atoms with Crippen LogP contribution in [0.2, 0.25) is 0 Å². The van der Waals surface area contributed by atoms with Crippen LogP contribution in [0.4, 0.5) is 5.69 Å². The number of nitrogens with two attached hydrogens (primary N) is 1. The van der Waals surface area contributed by atoms with Gasteiger partial charge in [0.05, 0.1) is 12.3 Å². The van der Waals surface area contributed by atoms with Crippen LogP contribution in [0.3, 0.4) is 0 Å². The van der Waals surface area contributed by atoms with E-state index in [-0.39, 0.29) is 0 Å². The molecule has 0 radical (unpaired) electrons. The summed E-state index contributed by atoms with van der Waals surface area (Å²) in [7, 11) is 0. The summed E-state index contributed by atoms with van der Waals surface area (Å²) in [4.78, 5) is 8.34. The van der Waals surface area contributed by atoms with Crippen molar-refractivity contribution < 1.29 is 4.74 Å². The van der Waals surface area contributed by atoms with E-state index in [1.165, 1.54) is 0 Å². The zero-order chi connectivity index (χ0) is 13.8. The Bertz CT molecular complexity index is 713. The molecule has 100 valence electrons. The maximum atomic E-state index is 6.13. The molecule has 0 spiro atoms. The molecule has 1 aromatic carbocycles. The average molecular weight is 265 g/mol. The number of hydrogen-bond donors (Lipinski definition) is 1. The summed E-state index contributed by atoms with van der Waals surface area (Å²) in [6.45, 7) is 0.553. The standard InChI is InChI=1S/C16H15N3O/c17-16-14-6-9-18-11-12(14)4-5-15(16)20-10-7-13-3-1-2-8-19-13/h1-6,8-9,11H,7,10,17H2. The number of nitrogen functional groups attached to an aromatic ring is 1. The van der Waals surface area contributed by atoms with E-state index in [1.807, 2.05) is 36.4 Å². The van der Waals surface area contributed by atoms with Gasteiger partial charge in [-0.15, -0.1) is 0 Å². The summed E-state index contributed by atoms with van der Waals surface area (Å²) < 4.78 is 5.76. The van der Waals surface area contributed by atoms with Crippen LogP contribution in [0.5, 0.6) is 5.75 Å². The van der Waals surface area contributed by atoms with E-state index >= 15 is 0 Å². The Kier molecular flexibility index (Phi) is 3.46. The van der Waals surface area contributed by atoms with Gasteiger partial charge >= 0.3 is 0 Å². The Morgan fingerprint density at radius 3 is 2.85 bits per heavy atom. The first-order chi connectivity index (χ1) is 9.84. The molecule has 0 fully saturated rings. The number of anilines is 1. The van der Waals surface area contributed by atoms with E-state index in [4.69, 9.17) is 10.5 Å². The molecular formula is C16H15N3O. The molecule has 2 N–H and O–H groups in total. The third kappa shape index (κ3) is 2.54. The van der Waals surface area contributed by atoms with Gasteiger partial charge in [0.25, 0.3) is 0 Å². The molecule has 2 heterocycles. The number of hydrogen-bond acceptors (Lipinski definition) is 4. The Hall–Kier alpha value is -2.62. The van der Waals surface area contributed by atoms with Gasteiger partial charge in [-0.1, -0.05) is 6.07 Å². The van der Waals surface area contributed by atoms with E-state index < -0.39 is 0 Å². The average Bonchev–Trinajstić information content (AvgIpc) is 2.51. The van der Waals surface area contributed by atoms with Gasteiger partial charge in [0.15, 0.2) is 0 Å². The topological polar surface area (TPSA) is 61.0 Å². The van der Waals surface area contributed by atoms with Crippen LogP contribution < -0.4 is 10.5 Å². The van der Waals surface area contributed by atoms with Crippen LogP contribution in [0, 0.1) is 0 Å². The first-order valence-electron chi connectivity index (χ1n) is 6.49. The normalized spacial score (nSPS) is 10.6. The Morgan fingerprint density at radius 1 is 1.05 bits per heavy atom. The molecule has 0 atom stereocenters. The number of rotatable bonds is 4. The van der Waals surface area contributed by atoms with Crippen LogP contribution >= 0.6 is 0 Å². The van der Waals surface area contributed by atoms with Gasteiger partial charge in [-0.05, 0) is 30.3 Å². The molecule has 0 bridgehead atoms. The smallest absolute Gasteiger partial charge is 0.142 e. The molecule has 0 amide bonds.